The zero-order valence-corrected chi connectivity index (χ0v) is 9.60. The van der Waals surface area contributed by atoms with Crippen molar-refractivity contribution in [3.63, 3.8) is 0 Å². The number of thiazole rings is 1. The Morgan fingerprint density at radius 3 is 2.94 bits per heavy atom. The standard InChI is InChI=1S/C12H8F2N2S/c13-8-3-4-11(14)10(6-8)12-16-9(7-17-12)2-1-5-15/h3-4,6-7H,1-2H2. The molecule has 0 radical (unpaired) electrons. The topological polar surface area (TPSA) is 36.7 Å². The summed E-state index contributed by atoms with van der Waals surface area (Å²) in [5.41, 5.74) is 0.897. The van der Waals surface area contributed by atoms with Crippen LogP contribution >= 0.6 is 11.3 Å². The Morgan fingerprint density at radius 2 is 2.18 bits per heavy atom. The van der Waals surface area contributed by atoms with Gasteiger partial charge in [0, 0.05) is 23.8 Å². The second-order valence-corrected chi connectivity index (χ2v) is 4.28. The van der Waals surface area contributed by atoms with E-state index in [1.54, 1.807) is 5.38 Å². The van der Waals surface area contributed by atoms with E-state index in [0.29, 0.717) is 17.8 Å². The lowest BCUT2D eigenvalue weighted by molar-refractivity contribution is 0.603. The molecule has 1 heterocycles. The molecule has 2 aromatic rings. The highest BCUT2D eigenvalue weighted by molar-refractivity contribution is 7.13. The van der Waals surface area contributed by atoms with E-state index in [9.17, 15) is 8.78 Å². The van der Waals surface area contributed by atoms with E-state index in [1.165, 1.54) is 11.3 Å². The fraction of sp³-hybridized carbons (Fsp3) is 0.167. The summed E-state index contributed by atoms with van der Waals surface area (Å²) in [5, 5.41) is 10.6. The molecule has 2 rings (SSSR count). The van der Waals surface area contributed by atoms with Gasteiger partial charge < -0.3 is 0 Å². The summed E-state index contributed by atoms with van der Waals surface area (Å²) in [7, 11) is 0. The van der Waals surface area contributed by atoms with Crippen LogP contribution in [0.25, 0.3) is 10.6 Å². The van der Waals surface area contributed by atoms with Crippen LogP contribution in [0.4, 0.5) is 8.78 Å². The summed E-state index contributed by atoms with van der Waals surface area (Å²) in [6.45, 7) is 0. The van der Waals surface area contributed by atoms with Gasteiger partial charge in [-0.25, -0.2) is 13.8 Å². The Balaban J connectivity index is 2.30. The summed E-state index contributed by atoms with van der Waals surface area (Å²) in [4.78, 5) is 4.18. The van der Waals surface area contributed by atoms with Crippen molar-refractivity contribution in [2.75, 3.05) is 0 Å². The second kappa shape index (κ2) is 5.02. The molecule has 0 atom stereocenters. The lowest BCUT2D eigenvalue weighted by Gasteiger charge is -1.98. The van der Waals surface area contributed by atoms with Gasteiger partial charge in [0.05, 0.1) is 11.8 Å². The van der Waals surface area contributed by atoms with E-state index in [-0.39, 0.29) is 5.56 Å². The van der Waals surface area contributed by atoms with Crippen molar-refractivity contribution in [1.82, 2.24) is 4.98 Å². The molecule has 0 aliphatic heterocycles. The van der Waals surface area contributed by atoms with Gasteiger partial charge >= 0.3 is 0 Å². The van der Waals surface area contributed by atoms with Gasteiger partial charge in [0.15, 0.2) is 0 Å². The Hall–Kier alpha value is -1.80. The molecule has 0 amide bonds. The molecule has 5 heteroatoms. The van der Waals surface area contributed by atoms with Crippen LogP contribution in [-0.2, 0) is 6.42 Å². The minimum absolute atomic E-state index is 0.165. The molecule has 0 unspecified atom stereocenters. The van der Waals surface area contributed by atoms with E-state index in [1.807, 2.05) is 6.07 Å². The number of hydrogen-bond acceptors (Lipinski definition) is 3. The van der Waals surface area contributed by atoms with Crippen LogP contribution in [0.2, 0.25) is 0 Å². The lowest BCUT2D eigenvalue weighted by Crippen LogP contribution is -1.87. The van der Waals surface area contributed by atoms with E-state index in [4.69, 9.17) is 5.26 Å². The molecule has 1 aromatic heterocycles. The van der Waals surface area contributed by atoms with Crippen molar-refractivity contribution in [2.24, 2.45) is 0 Å². The van der Waals surface area contributed by atoms with Gasteiger partial charge in [0.25, 0.3) is 0 Å². The van der Waals surface area contributed by atoms with Gasteiger partial charge in [0.1, 0.15) is 16.6 Å². The van der Waals surface area contributed by atoms with Gasteiger partial charge in [-0.3, -0.25) is 0 Å². The molecule has 0 aliphatic carbocycles. The Bertz CT molecular complexity index is 572. The first-order valence-electron chi connectivity index (χ1n) is 4.97. The van der Waals surface area contributed by atoms with E-state index in [2.05, 4.69) is 4.98 Å². The summed E-state index contributed by atoms with van der Waals surface area (Å²) in [5.74, 6) is -0.984. The number of hydrogen-bond donors (Lipinski definition) is 0. The van der Waals surface area contributed by atoms with Crippen molar-refractivity contribution in [3.8, 4) is 16.6 Å². The van der Waals surface area contributed by atoms with E-state index < -0.39 is 11.6 Å². The predicted molar refractivity (Wildman–Crippen MR) is 61.4 cm³/mol. The molecule has 86 valence electrons. The largest absolute Gasteiger partial charge is 0.241 e. The van der Waals surface area contributed by atoms with Crippen LogP contribution in [-0.4, -0.2) is 4.98 Å². The van der Waals surface area contributed by atoms with E-state index in [0.717, 1.165) is 23.9 Å². The van der Waals surface area contributed by atoms with Crippen LogP contribution in [0.1, 0.15) is 12.1 Å². The highest BCUT2D eigenvalue weighted by Crippen LogP contribution is 2.27. The quantitative estimate of drug-likeness (QED) is 0.835. The Morgan fingerprint density at radius 1 is 1.35 bits per heavy atom. The predicted octanol–water partition coefficient (Wildman–Crippen LogP) is 3.54. The SMILES string of the molecule is N#CCCc1csc(-c2cc(F)ccc2F)n1. The average molecular weight is 250 g/mol. The summed E-state index contributed by atoms with van der Waals surface area (Å²) in [6, 6.07) is 5.30. The number of rotatable bonds is 3. The summed E-state index contributed by atoms with van der Waals surface area (Å²) >= 11 is 1.25. The smallest absolute Gasteiger partial charge is 0.133 e. The molecular formula is C12H8F2N2S. The van der Waals surface area contributed by atoms with Crippen molar-refractivity contribution in [2.45, 2.75) is 12.8 Å². The fourth-order valence-corrected chi connectivity index (χ4v) is 2.26. The first-order chi connectivity index (χ1) is 8.20. The number of halogens is 2. The molecule has 0 bridgehead atoms. The molecule has 2 nitrogen and oxygen atoms in total. The molecular weight excluding hydrogens is 242 g/mol. The minimum Gasteiger partial charge on any atom is -0.241 e. The molecule has 0 aliphatic rings. The van der Waals surface area contributed by atoms with Gasteiger partial charge in [-0.15, -0.1) is 11.3 Å². The first-order valence-corrected chi connectivity index (χ1v) is 5.85. The summed E-state index contributed by atoms with van der Waals surface area (Å²) < 4.78 is 26.5. The number of aromatic nitrogens is 1. The lowest BCUT2D eigenvalue weighted by atomic mass is 10.2. The molecule has 0 spiro atoms. The second-order valence-electron chi connectivity index (χ2n) is 3.43. The highest BCUT2D eigenvalue weighted by Gasteiger charge is 2.10. The van der Waals surface area contributed by atoms with Gasteiger partial charge in [0.2, 0.25) is 0 Å². The zero-order chi connectivity index (χ0) is 12.3. The Kier molecular flexibility index (Phi) is 3.45. The number of nitrogens with zero attached hydrogens (tertiary/aromatic N) is 2. The maximum absolute atomic E-state index is 13.5. The first kappa shape index (κ1) is 11.7. The average Bonchev–Trinajstić information content (AvgIpc) is 2.78. The van der Waals surface area contributed by atoms with Crippen LogP contribution in [0.15, 0.2) is 23.6 Å². The number of benzene rings is 1. The Labute approximate surface area is 101 Å². The van der Waals surface area contributed by atoms with Gasteiger partial charge in [-0.05, 0) is 18.2 Å². The normalized spacial score (nSPS) is 10.2. The molecule has 0 N–H and O–H groups in total. The van der Waals surface area contributed by atoms with Crippen molar-refractivity contribution in [3.05, 3.63) is 40.9 Å². The van der Waals surface area contributed by atoms with Gasteiger partial charge in [-0.2, -0.15) is 5.26 Å². The van der Waals surface area contributed by atoms with Crippen molar-refractivity contribution < 1.29 is 8.78 Å². The monoisotopic (exact) mass is 250 g/mol. The minimum atomic E-state index is -0.493. The highest BCUT2D eigenvalue weighted by atomic mass is 32.1. The van der Waals surface area contributed by atoms with Crippen LogP contribution in [0, 0.1) is 23.0 Å². The molecule has 0 saturated carbocycles. The van der Waals surface area contributed by atoms with Crippen LogP contribution in [0.5, 0.6) is 0 Å². The third-order valence-corrected chi connectivity index (χ3v) is 3.13. The number of nitriles is 1. The fourth-order valence-electron chi connectivity index (χ4n) is 1.39. The number of aryl methyl sites for hydroxylation is 1. The zero-order valence-electron chi connectivity index (χ0n) is 8.78. The molecule has 0 saturated heterocycles. The molecule has 0 fully saturated rings. The maximum Gasteiger partial charge on any atom is 0.133 e. The molecule has 1 aromatic carbocycles. The van der Waals surface area contributed by atoms with Crippen LogP contribution in [0.3, 0.4) is 0 Å². The molecule has 17 heavy (non-hydrogen) atoms. The van der Waals surface area contributed by atoms with Crippen molar-refractivity contribution in [1.29, 1.82) is 5.26 Å². The van der Waals surface area contributed by atoms with Crippen molar-refractivity contribution >= 4 is 11.3 Å². The van der Waals surface area contributed by atoms with Crippen LogP contribution < -0.4 is 0 Å². The third-order valence-electron chi connectivity index (χ3n) is 2.20. The maximum atomic E-state index is 13.5. The third kappa shape index (κ3) is 2.66. The summed E-state index contributed by atoms with van der Waals surface area (Å²) in [6.07, 6.45) is 0.902. The van der Waals surface area contributed by atoms with Gasteiger partial charge in [-0.1, -0.05) is 0 Å². The van der Waals surface area contributed by atoms with E-state index >= 15 is 0 Å².